The van der Waals surface area contributed by atoms with Crippen LogP contribution in [0.15, 0.2) is 24.9 Å². The molecule has 0 bridgehead atoms. The first-order valence-corrected chi connectivity index (χ1v) is 6.34. The monoisotopic (exact) mass is 288 g/mol. The van der Waals surface area contributed by atoms with Crippen LogP contribution in [0.2, 0.25) is 0 Å². The summed E-state index contributed by atoms with van der Waals surface area (Å²) in [5.74, 6) is 0.0575. The van der Waals surface area contributed by atoms with Crippen molar-refractivity contribution in [2.45, 2.75) is 6.18 Å². The average Bonchev–Trinajstić information content (AvgIpc) is 2.74. The summed E-state index contributed by atoms with van der Waals surface area (Å²) >= 11 is 0.608. The van der Waals surface area contributed by atoms with Gasteiger partial charge in [-0.05, 0) is 12.2 Å². The van der Waals surface area contributed by atoms with Gasteiger partial charge < -0.3 is 4.90 Å². The third-order valence-electron chi connectivity index (χ3n) is 2.69. The second kappa shape index (κ2) is 5.16. The molecule has 2 heterocycles. The molecule has 0 spiro atoms. The molecule has 0 atom stereocenters. The lowest BCUT2D eigenvalue weighted by Crippen LogP contribution is -2.48. The number of thiazole rings is 1. The van der Waals surface area contributed by atoms with E-state index in [1.807, 2.05) is 0 Å². The molecule has 2 rings (SSSR count). The van der Waals surface area contributed by atoms with E-state index < -0.39 is 11.2 Å². The molecule has 102 valence electrons. The maximum absolute atomic E-state index is 12.3. The maximum atomic E-state index is 12.3. The number of carbonyl (C=O) groups excluding carboxylic acids is 1. The number of hydrogen-bond donors (Lipinski definition) is 0. The highest BCUT2D eigenvalue weighted by Crippen LogP contribution is 2.33. The Balaban J connectivity index is 1.89. The zero-order valence-electron chi connectivity index (χ0n) is 9.85. The van der Waals surface area contributed by atoms with E-state index >= 15 is 0 Å². The predicted molar refractivity (Wildman–Crippen MR) is 66.4 cm³/mol. The Morgan fingerprint density at radius 2 is 2.21 bits per heavy atom. The lowest BCUT2D eigenvalue weighted by Gasteiger charge is -2.36. The van der Waals surface area contributed by atoms with Crippen LogP contribution in [0.3, 0.4) is 0 Å². The Labute approximate surface area is 112 Å². The van der Waals surface area contributed by atoms with Crippen molar-refractivity contribution in [2.75, 3.05) is 13.1 Å². The highest BCUT2D eigenvalue weighted by atomic mass is 32.1. The quantitative estimate of drug-likeness (QED) is 0.801. The number of carbonyl (C=O) groups is 1. The van der Waals surface area contributed by atoms with Gasteiger partial charge in [0.1, 0.15) is 0 Å². The average molecular weight is 288 g/mol. The van der Waals surface area contributed by atoms with Crippen LogP contribution in [-0.4, -0.2) is 28.9 Å². The highest BCUT2D eigenvalue weighted by Gasteiger charge is 2.34. The van der Waals surface area contributed by atoms with Crippen molar-refractivity contribution in [3.05, 3.63) is 34.8 Å². The van der Waals surface area contributed by atoms with E-state index in [1.54, 1.807) is 17.1 Å². The van der Waals surface area contributed by atoms with Crippen molar-refractivity contribution in [2.24, 2.45) is 5.92 Å². The summed E-state index contributed by atoms with van der Waals surface area (Å²) in [5.41, 5.74) is 0. The summed E-state index contributed by atoms with van der Waals surface area (Å²) in [4.78, 5) is 16.6. The number of halogens is 3. The van der Waals surface area contributed by atoms with Gasteiger partial charge in [-0.1, -0.05) is 12.7 Å². The van der Waals surface area contributed by atoms with Gasteiger partial charge in [0.25, 0.3) is 0 Å². The second-order valence-corrected chi connectivity index (χ2v) is 5.19. The molecular formula is C12H11F3N2OS. The van der Waals surface area contributed by atoms with Gasteiger partial charge in [-0.2, -0.15) is 13.2 Å². The molecule has 1 aliphatic heterocycles. The van der Waals surface area contributed by atoms with Gasteiger partial charge in [0.15, 0.2) is 5.01 Å². The van der Waals surface area contributed by atoms with E-state index in [-0.39, 0.29) is 11.8 Å². The number of amides is 1. The molecule has 7 heteroatoms. The lowest BCUT2D eigenvalue weighted by atomic mass is 9.99. The minimum atomic E-state index is -4.39. The Bertz CT molecular complexity index is 515. The number of aromatic nitrogens is 1. The topological polar surface area (TPSA) is 33.2 Å². The summed E-state index contributed by atoms with van der Waals surface area (Å²) in [6.07, 6.45) is 1.49. The van der Waals surface area contributed by atoms with Gasteiger partial charge in [0.2, 0.25) is 5.91 Å². The summed E-state index contributed by atoms with van der Waals surface area (Å²) < 4.78 is 37.0. The largest absolute Gasteiger partial charge is 0.443 e. The number of rotatable bonds is 3. The zero-order chi connectivity index (χ0) is 14.0. The van der Waals surface area contributed by atoms with Crippen LogP contribution in [-0.2, 0) is 11.0 Å². The van der Waals surface area contributed by atoms with Crippen LogP contribution >= 0.6 is 11.3 Å². The van der Waals surface area contributed by atoms with Crippen LogP contribution in [0, 0.1) is 5.92 Å². The normalized spacial score (nSPS) is 16.7. The van der Waals surface area contributed by atoms with Crippen molar-refractivity contribution in [3.8, 4) is 0 Å². The molecule has 0 unspecified atom stereocenters. The molecule has 1 aromatic rings. The van der Waals surface area contributed by atoms with Crippen LogP contribution in [0.5, 0.6) is 0 Å². The van der Waals surface area contributed by atoms with E-state index in [9.17, 15) is 18.0 Å². The Morgan fingerprint density at radius 1 is 1.53 bits per heavy atom. The van der Waals surface area contributed by atoms with Crippen molar-refractivity contribution in [3.63, 3.8) is 0 Å². The van der Waals surface area contributed by atoms with E-state index in [0.717, 1.165) is 0 Å². The molecule has 1 aromatic heterocycles. The molecular weight excluding hydrogens is 277 g/mol. The summed E-state index contributed by atoms with van der Waals surface area (Å²) in [7, 11) is 0. The molecule has 0 N–H and O–H groups in total. The summed E-state index contributed by atoms with van der Waals surface area (Å²) in [6.45, 7) is 4.54. The highest BCUT2D eigenvalue weighted by molar-refractivity contribution is 7.12. The van der Waals surface area contributed by atoms with Gasteiger partial charge in [-0.15, -0.1) is 11.3 Å². The van der Waals surface area contributed by atoms with Crippen LogP contribution in [0.1, 0.15) is 9.88 Å². The lowest BCUT2D eigenvalue weighted by molar-refractivity contribution is -0.137. The van der Waals surface area contributed by atoms with Gasteiger partial charge in [0.05, 0.1) is 0 Å². The fourth-order valence-corrected chi connectivity index (χ4v) is 2.37. The van der Waals surface area contributed by atoms with Crippen LogP contribution in [0.25, 0.3) is 6.08 Å². The summed E-state index contributed by atoms with van der Waals surface area (Å²) in [6, 6.07) is 0. The predicted octanol–water partition coefficient (Wildman–Crippen LogP) is 2.82. The van der Waals surface area contributed by atoms with Gasteiger partial charge in [-0.3, -0.25) is 4.79 Å². The van der Waals surface area contributed by atoms with E-state index in [4.69, 9.17) is 0 Å². The first-order chi connectivity index (χ1) is 8.90. The fourth-order valence-electron chi connectivity index (χ4n) is 1.67. The van der Waals surface area contributed by atoms with E-state index in [2.05, 4.69) is 11.6 Å². The molecule has 0 aromatic carbocycles. The van der Waals surface area contributed by atoms with Gasteiger partial charge in [0, 0.05) is 30.1 Å². The van der Waals surface area contributed by atoms with E-state index in [1.165, 1.54) is 12.3 Å². The first kappa shape index (κ1) is 13.8. The first-order valence-electron chi connectivity index (χ1n) is 5.52. The Kier molecular flexibility index (Phi) is 3.75. The molecule has 1 saturated heterocycles. The van der Waals surface area contributed by atoms with Crippen LogP contribution < -0.4 is 0 Å². The molecule has 1 amide bonds. The zero-order valence-corrected chi connectivity index (χ0v) is 10.7. The van der Waals surface area contributed by atoms with Gasteiger partial charge in [-0.25, -0.2) is 4.98 Å². The molecule has 1 aliphatic rings. The van der Waals surface area contributed by atoms with Crippen molar-refractivity contribution in [1.82, 2.24) is 9.88 Å². The second-order valence-electron chi connectivity index (χ2n) is 4.13. The smallest absolute Gasteiger partial charge is 0.338 e. The third kappa shape index (κ3) is 3.23. The Hall–Kier alpha value is -1.63. The molecule has 0 aliphatic carbocycles. The standard InChI is InChI=1S/C12H11F3N2OS/c1-2-10(18)17-6-8(7-17)3-4-9-5-16-11(19-9)12(13,14)15/h2-5,8H,1,6-7H2/b4-3+. The number of likely N-dealkylation sites (tertiary alicyclic amines) is 1. The number of nitrogens with zero attached hydrogens (tertiary/aromatic N) is 2. The maximum Gasteiger partial charge on any atom is 0.443 e. The summed E-state index contributed by atoms with van der Waals surface area (Å²) in [5, 5.41) is -0.843. The Morgan fingerprint density at radius 3 is 2.74 bits per heavy atom. The molecule has 1 fully saturated rings. The van der Waals surface area contributed by atoms with Crippen molar-refractivity contribution >= 4 is 23.3 Å². The van der Waals surface area contributed by atoms with Crippen molar-refractivity contribution in [1.29, 1.82) is 0 Å². The minimum absolute atomic E-state index is 0.123. The molecule has 0 saturated carbocycles. The van der Waals surface area contributed by atoms with Gasteiger partial charge >= 0.3 is 6.18 Å². The van der Waals surface area contributed by atoms with E-state index in [0.29, 0.717) is 29.3 Å². The third-order valence-corrected chi connectivity index (χ3v) is 3.70. The fraction of sp³-hybridized carbons (Fsp3) is 0.333. The molecule has 19 heavy (non-hydrogen) atoms. The van der Waals surface area contributed by atoms with Crippen LogP contribution in [0.4, 0.5) is 13.2 Å². The number of hydrogen-bond acceptors (Lipinski definition) is 3. The minimum Gasteiger partial charge on any atom is -0.338 e. The van der Waals surface area contributed by atoms with Crippen molar-refractivity contribution < 1.29 is 18.0 Å². The SMILES string of the molecule is C=CC(=O)N1CC(/C=C/c2cnc(C(F)(F)F)s2)C1. The number of alkyl halides is 3. The molecule has 0 radical (unpaired) electrons. The molecule has 3 nitrogen and oxygen atoms in total.